The van der Waals surface area contributed by atoms with Crippen LogP contribution in [0.4, 0.5) is 17.1 Å². The van der Waals surface area contributed by atoms with E-state index in [0.29, 0.717) is 35.1 Å². The fourth-order valence-corrected chi connectivity index (χ4v) is 3.06. The second kappa shape index (κ2) is 8.88. The van der Waals surface area contributed by atoms with Gasteiger partial charge < -0.3 is 15.2 Å². The first-order chi connectivity index (χ1) is 15.2. The predicted octanol–water partition coefficient (Wildman–Crippen LogP) is 4.68. The molecule has 0 amide bonds. The quantitative estimate of drug-likeness (QED) is 0.350. The molecule has 0 saturated heterocycles. The van der Waals surface area contributed by atoms with Crippen molar-refractivity contribution in [1.82, 2.24) is 14.9 Å². The minimum atomic E-state index is 0.478. The monoisotopic (exact) mass is 412 g/mol. The number of nitrogen functional groups attached to an aromatic ring is 1. The summed E-state index contributed by atoms with van der Waals surface area (Å²) < 4.78 is 12.9. The Balaban J connectivity index is 1.70. The minimum Gasteiger partial charge on any atom is -0.497 e. The zero-order valence-corrected chi connectivity index (χ0v) is 16.8. The number of aromatic nitrogens is 3. The van der Waals surface area contributed by atoms with Gasteiger partial charge >= 0.3 is 0 Å². The van der Waals surface area contributed by atoms with Crippen LogP contribution in [0, 0.1) is 6.57 Å². The van der Waals surface area contributed by atoms with Gasteiger partial charge in [0.1, 0.15) is 29.9 Å². The highest BCUT2D eigenvalue weighted by Gasteiger charge is 2.16. The van der Waals surface area contributed by atoms with Crippen LogP contribution in [0.3, 0.4) is 0 Å². The van der Waals surface area contributed by atoms with Gasteiger partial charge in [0, 0.05) is 5.69 Å². The van der Waals surface area contributed by atoms with Gasteiger partial charge in [-0.3, -0.25) is 5.01 Å². The Morgan fingerprint density at radius 1 is 0.935 bits per heavy atom. The fraction of sp³-hybridized carbons (Fsp3) is 0.0870. The highest BCUT2D eigenvalue weighted by molar-refractivity contribution is 5.73. The first-order valence-corrected chi connectivity index (χ1v) is 9.46. The van der Waals surface area contributed by atoms with E-state index < -0.39 is 0 Å². The summed E-state index contributed by atoms with van der Waals surface area (Å²) in [6.45, 7) is 8.11. The molecule has 4 rings (SSSR count). The van der Waals surface area contributed by atoms with Gasteiger partial charge in [0.05, 0.1) is 25.9 Å². The molecule has 31 heavy (non-hydrogen) atoms. The van der Waals surface area contributed by atoms with E-state index >= 15 is 0 Å². The summed E-state index contributed by atoms with van der Waals surface area (Å²) in [5, 5.41) is 9.74. The molecule has 0 aliphatic rings. The lowest BCUT2D eigenvalue weighted by Gasteiger charge is -2.26. The molecule has 0 aliphatic heterocycles. The summed E-state index contributed by atoms with van der Waals surface area (Å²) in [6.07, 6.45) is 3.17. The second-order valence-corrected chi connectivity index (χ2v) is 6.68. The third-order valence-electron chi connectivity index (χ3n) is 4.64. The maximum atomic E-state index is 7.63. The van der Waals surface area contributed by atoms with Crippen molar-refractivity contribution in [2.24, 2.45) is 0 Å². The Morgan fingerprint density at radius 3 is 2.23 bits per heavy atom. The van der Waals surface area contributed by atoms with Crippen molar-refractivity contribution >= 4 is 17.1 Å². The van der Waals surface area contributed by atoms with E-state index in [2.05, 4.69) is 15.0 Å². The van der Waals surface area contributed by atoms with Crippen LogP contribution in [-0.4, -0.2) is 22.0 Å². The number of rotatable bonds is 7. The Bertz CT molecular complexity index is 1180. The third-order valence-corrected chi connectivity index (χ3v) is 4.64. The van der Waals surface area contributed by atoms with Gasteiger partial charge in [-0.2, -0.15) is 0 Å². The second-order valence-electron chi connectivity index (χ2n) is 6.68. The molecule has 8 heteroatoms. The first-order valence-electron chi connectivity index (χ1n) is 9.46. The molecule has 0 unspecified atom stereocenters. The lowest BCUT2D eigenvalue weighted by Crippen LogP contribution is -2.28. The summed E-state index contributed by atoms with van der Waals surface area (Å²) in [6, 6.07) is 20.2. The topological polar surface area (TPSA) is 82.8 Å². The molecule has 0 aliphatic carbocycles. The van der Waals surface area contributed by atoms with Gasteiger partial charge in [-0.25, -0.2) is 9.52 Å². The number of hydrogen-bond donors (Lipinski definition) is 1. The number of anilines is 2. The molecule has 2 N–H and O–H groups in total. The van der Waals surface area contributed by atoms with E-state index in [-0.39, 0.29) is 0 Å². The smallest absolute Gasteiger partial charge is 0.212 e. The minimum absolute atomic E-state index is 0.478. The van der Waals surface area contributed by atoms with Gasteiger partial charge in [0.25, 0.3) is 0 Å². The van der Waals surface area contributed by atoms with E-state index in [4.69, 9.17) is 21.8 Å². The first kappa shape index (κ1) is 19.8. The van der Waals surface area contributed by atoms with Crippen molar-refractivity contribution in [2.45, 2.75) is 6.54 Å². The van der Waals surface area contributed by atoms with Crippen LogP contribution in [0.15, 0.2) is 79.4 Å². The molecule has 0 atom stereocenters. The number of hydrogen-bond acceptors (Lipinski definition) is 6. The van der Waals surface area contributed by atoms with Crippen molar-refractivity contribution in [3.05, 3.63) is 96.4 Å². The van der Waals surface area contributed by atoms with E-state index in [1.807, 2.05) is 59.6 Å². The van der Waals surface area contributed by atoms with Crippen LogP contribution in [0.25, 0.3) is 4.85 Å². The summed E-state index contributed by atoms with van der Waals surface area (Å²) in [7, 11) is 1.62. The Hall–Kier alpha value is -4.51. The normalized spacial score (nSPS) is 10.3. The maximum Gasteiger partial charge on any atom is 0.212 e. The van der Waals surface area contributed by atoms with Crippen LogP contribution in [0.5, 0.6) is 17.2 Å². The Labute approximate surface area is 179 Å². The number of methoxy groups -OCH3 is 1. The Morgan fingerprint density at radius 2 is 1.58 bits per heavy atom. The van der Waals surface area contributed by atoms with E-state index in [0.717, 1.165) is 11.3 Å². The van der Waals surface area contributed by atoms with Crippen molar-refractivity contribution < 1.29 is 9.47 Å². The van der Waals surface area contributed by atoms with E-state index in [1.54, 1.807) is 36.6 Å². The molecule has 1 aromatic heterocycles. The highest BCUT2D eigenvalue weighted by Crippen LogP contribution is 2.36. The van der Waals surface area contributed by atoms with Gasteiger partial charge in [0.15, 0.2) is 0 Å². The molecule has 8 nitrogen and oxygen atoms in total. The van der Waals surface area contributed by atoms with Crippen molar-refractivity contribution in [3.8, 4) is 17.2 Å². The average Bonchev–Trinajstić information content (AvgIpc) is 3.34. The predicted molar refractivity (Wildman–Crippen MR) is 118 cm³/mol. The molecule has 3 aromatic carbocycles. The van der Waals surface area contributed by atoms with Crippen LogP contribution < -0.4 is 20.2 Å². The Kier molecular flexibility index (Phi) is 5.67. The van der Waals surface area contributed by atoms with Gasteiger partial charge in [0.2, 0.25) is 5.69 Å². The van der Waals surface area contributed by atoms with Crippen molar-refractivity contribution in [3.63, 3.8) is 0 Å². The van der Waals surface area contributed by atoms with Gasteiger partial charge in [-0.1, -0.05) is 18.2 Å². The number of ether oxygens (including phenoxy) is 2. The summed E-state index contributed by atoms with van der Waals surface area (Å²) in [5.41, 5.74) is 8.66. The summed E-state index contributed by atoms with van der Waals surface area (Å²) in [4.78, 5) is 3.69. The molecule has 1 heterocycles. The fourth-order valence-electron chi connectivity index (χ4n) is 3.06. The molecule has 0 spiro atoms. The number of benzene rings is 3. The zero-order chi connectivity index (χ0) is 21.6. The molecular weight excluding hydrogens is 392 g/mol. The van der Waals surface area contributed by atoms with E-state index in [1.165, 1.54) is 0 Å². The molecular formula is C23H20N6O2. The molecule has 154 valence electrons. The maximum absolute atomic E-state index is 7.63. The van der Waals surface area contributed by atoms with Crippen molar-refractivity contribution in [2.75, 3.05) is 17.9 Å². The number of nitrogens with two attached hydrogens (primary N) is 1. The number of nitrogens with zero attached hydrogens (tertiary/aromatic N) is 5. The molecule has 0 radical (unpaired) electrons. The lowest BCUT2D eigenvalue weighted by molar-refractivity contribution is 0.413. The lowest BCUT2D eigenvalue weighted by atomic mass is 10.2. The zero-order valence-electron chi connectivity index (χ0n) is 16.8. The van der Waals surface area contributed by atoms with Crippen LogP contribution in [0.1, 0.15) is 5.56 Å². The molecule has 0 saturated carbocycles. The molecule has 0 bridgehead atoms. The molecule has 4 aromatic rings. The third kappa shape index (κ3) is 4.57. The summed E-state index contributed by atoms with van der Waals surface area (Å²) in [5.74, 6) is 2.01. The van der Waals surface area contributed by atoms with Crippen LogP contribution in [-0.2, 0) is 6.54 Å². The summed E-state index contributed by atoms with van der Waals surface area (Å²) >= 11 is 0. The van der Waals surface area contributed by atoms with Crippen molar-refractivity contribution in [1.29, 1.82) is 0 Å². The molecule has 0 fully saturated rings. The SMILES string of the molecule is [C-]#[N+]c1ccc(Oc2ccc(OC)cc2)cc1N(Cc1ccc(N)cc1)n1cnnc1. The van der Waals surface area contributed by atoms with E-state index in [9.17, 15) is 0 Å². The largest absolute Gasteiger partial charge is 0.497 e. The van der Waals surface area contributed by atoms with Crippen LogP contribution >= 0.6 is 0 Å². The average molecular weight is 412 g/mol. The van der Waals surface area contributed by atoms with Gasteiger partial charge in [-0.15, -0.1) is 10.2 Å². The standard InChI is InChI=1S/C23H20N6O2/c1-25-22-12-11-21(31-20-9-7-19(30-2)8-10-20)13-23(22)29(28-15-26-27-16-28)14-17-3-5-18(24)6-4-17/h3-13,15-16H,14,24H2,2H3. The van der Waals surface area contributed by atoms with Gasteiger partial charge in [-0.05, 0) is 54.1 Å². The van der Waals surface area contributed by atoms with Crippen LogP contribution in [0.2, 0.25) is 0 Å². The highest BCUT2D eigenvalue weighted by atomic mass is 16.5.